The van der Waals surface area contributed by atoms with Gasteiger partial charge in [-0.05, 0) is 30.5 Å². The van der Waals surface area contributed by atoms with Crippen LogP contribution in [0.3, 0.4) is 0 Å². The maximum Gasteiger partial charge on any atom is 0.165 e. The van der Waals surface area contributed by atoms with Crippen molar-refractivity contribution < 1.29 is 9.13 Å². The normalized spacial score (nSPS) is 15.8. The quantitative estimate of drug-likeness (QED) is 0.830. The van der Waals surface area contributed by atoms with Gasteiger partial charge < -0.3 is 10.5 Å². The molecule has 0 saturated heterocycles. The standard InChI is InChI=1S/C14H18FNOS/c15-12-9-11(14(16)18)5-6-13(12)17-8-7-10-3-1-2-4-10/h5-6,9-10H,1-4,7-8H2,(H2,16,18). The first-order valence-corrected chi connectivity index (χ1v) is 6.80. The first kappa shape index (κ1) is 13.3. The molecular formula is C14H18FNOS. The molecule has 0 aromatic heterocycles. The fourth-order valence-corrected chi connectivity index (χ4v) is 2.53. The number of rotatable bonds is 5. The molecule has 1 aliphatic carbocycles. The zero-order valence-corrected chi connectivity index (χ0v) is 11.1. The van der Waals surface area contributed by atoms with Crippen molar-refractivity contribution >= 4 is 17.2 Å². The Kier molecular flexibility index (Phi) is 4.53. The molecule has 0 spiro atoms. The molecule has 1 fully saturated rings. The summed E-state index contributed by atoms with van der Waals surface area (Å²) in [7, 11) is 0. The third kappa shape index (κ3) is 3.42. The number of benzene rings is 1. The second-order valence-corrected chi connectivity index (χ2v) is 5.24. The molecule has 18 heavy (non-hydrogen) atoms. The molecule has 1 aliphatic rings. The Labute approximate surface area is 112 Å². The van der Waals surface area contributed by atoms with Gasteiger partial charge in [0.15, 0.2) is 11.6 Å². The van der Waals surface area contributed by atoms with E-state index in [9.17, 15) is 4.39 Å². The summed E-state index contributed by atoms with van der Waals surface area (Å²) in [5.74, 6) is 0.642. The van der Waals surface area contributed by atoms with Gasteiger partial charge in [0.2, 0.25) is 0 Å². The second kappa shape index (κ2) is 6.14. The minimum absolute atomic E-state index is 0.200. The second-order valence-electron chi connectivity index (χ2n) is 4.80. The van der Waals surface area contributed by atoms with E-state index in [0.29, 0.717) is 12.2 Å². The largest absolute Gasteiger partial charge is 0.491 e. The maximum atomic E-state index is 13.7. The molecule has 1 saturated carbocycles. The van der Waals surface area contributed by atoms with E-state index >= 15 is 0 Å². The van der Waals surface area contributed by atoms with E-state index in [4.69, 9.17) is 22.7 Å². The van der Waals surface area contributed by atoms with Crippen molar-refractivity contribution in [2.75, 3.05) is 6.61 Å². The van der Waals surface area contributed by atoms with Crippen LogP contribution in [0.1, 0.15) is 37.7 Å². The summed E-state index contributed by atoms with van der Waals surface area (Å²) in [6.07, 6.45) is 6.22. The maximum absolute atomic E-state index is 13.7. The van der Waals surface area contributed by atoms with Crippen LogP contribution in [0.15, 0.2) is 18.2 Å². The molecule has 2 nitrogen and oxygen atoms in total. The lowest BCUT2D eigenvalue weighted by Crippen LogP contribution is -2.10. The molecule has 2 N–H and O–H groups in total. The van der Waals surface area contributed by atoms with Crippen LogP contribution in [0, 0.1) is 11.7 Å². The van der Waals surface area contributed by atoms with Crippen LogP contribution in [0.2, 0.25) is 0 Å². The van der Waals surface area contributed by atoms with E-state index in [0.717, 1.165) is 12.3 Å². The van der Waals surface area contributed by atoms with E-state index < -0.39 is 5.82 Å². The number of thiocarbonyl (C=S) groups is 1. The summed E-state index contributed by atoms with van der Waals surface area (Å²) in [4.78, 5) is 0.200. The van der Waals surface area contributed by atoms with Crippen LogP contribution >= 0.6 is 12.2 Å². The summed E-state index contributed by atoms with van der Waals surface area (Å²) in [6, 6.07) is 4.61. The number of halogens is 1. The van der Waals surface area contributed by atoms with Gasteiger partial charge in [-0.2, -0.15) is 0 Å². The zero-order valence-electron chi connectivity index (χ0n) is 10.3. The minimum atomic E-state index is -0.397. The average molecular weight is 267 g/mol. The number of hydrogen-bond donors (Lipinski definition) is 1. The van der Waals surface area contributed by atoms with Crippen molar-refractivity contribution in [3.05, 3.63) is 29.6 Å². The summed E-state index contributed by atoms with van der Waals surface area (Å²) >= 11 is 4.80. The molecule has 0 unspecified atom stereocenters. The molecular weight excluding hydrogens is 249 g/mol. The van der Waals surface area contributed by atoms with E-state index in [2.05, 4.69) is 0 Å². The predicted octanol–water partition coefficient (Wildman–Crippen LogP) is 3.42. The highest BCUT2D eigenvalue weighted by molar-refractivity contribution is 7.80. The van der Waals surface area contributed by atoms with Crippen LogP contribution in [0.25, 0.3) is 0 Å². The third-order valence-electron chi connectivity index (χ3n) is 3.47. The highest BCUT2D eigenvalue weighted by Crippen LogP contribution is 2.28. The van der Waals surface area contributed by atoms with Gasteiger partial charge in [0, 0.05) is 5.56 Å². The van der Waals surface area contributed by atoms with Crippen molar-refractivity contribution in [1.82, 2.24) is 0 Å². The number of nitrogens with two attached hydrogens (primary N) is 1. The van der Waals surface area contributed by atoms with Crippen LogP contribution in [-0.2, 0) is 0 Å². The molecule has 98 valence electrons. The van der Waals surface area contributed by atoms with Gasteiger partial charge in [-0.25, -0.2) is 4.39 Å². The molecule has 4 heteroatoms. The topological polar surface area (TPSA) is 35.2 Å². The van der Waals surface area contributed by atoms with E-state index in [1.54, 1.807) is 12.1 Å². The number of hydrogen-bond acceptors (Lipinski definition) is 2. The Morgan fingerprint density at radius 2 is 2.11 bits per heavy atom. The average Bonchev–Trinajstić information content (AvgIpc) is 2.84. The number of ether oxygens (including phenoxy) is 1. The van der Waals surface area contributed by atoms with E-state index in [1.807, 2.05) is 0 Å². The Hall–Kier alpha value is -1.16. The first-order valence-electron chi connectivity index (χ1n) is 6.39. The minimum Gasteiger partial charge on any atom is -0.491 e. The van der Waals surface area contributed by atoms with Gasteiger partial charge in [0.05, 0.1) is 6.61 Å². The lowest BCUT2D eigenvalue weighted by molar-refractivity contribution is 0.268. The van der Waals surface area contributed by atoms with Crippen LogP contribution in [0.4, 0.5) is 4.39 Å². The molecule has 2 rings (SSSR count). The summed E-state index contributed by atoms with van der Waals surface area (Å²) in [6.45, 7) is 0.577. The van der Waals surface area contributed by atoms with Crippen LogP contribution in [0.5, 0.6) is 5.75 Å². The van der Waals surface area contributed by atoms with Crippen molar-refractivity contribution in [2.24, 2.45) is 11.7 Å². The van der Waals surface area contributed by atoms with Crippen molar-refractivity contribution in [2.45, 2.75) is 32.1 Å². The Balaban J connectivity index is 1.87. The predicted molar refractivity (Wildman–Crippen MR) is 74.4 cm³/mol. The third-order valence-corrected chi connectivity index (χ3v) is 3.71. The lowest BCUT2D eigenvalue weighted by atomic mass is 10.1. The molecule has 0 radical (unpaired) electrons. The highest BCUT2D eigenvalue weighted by Gasteiger charge is 2.15. The Morgan fingerprint density at radius 1 is 1.39 bits per heavy atom. The lowest BCUT2D eigenvalue weighted by Gasteiger charge is -2.11. The van der Waals surface area contributed by atoms with E-state index in [-0.39, 0.29) is 10.7 Å². The van der Waals surface area contributed by atoms with Crippen molar-refractivity contribution in [1.29, 1.82) is 0 Å². The molecule has 1 aromatic carbocycles. The SMILES string of the molecule is NC(=S)c1ccc(OCCC2CCCC2)c(F)c1. The molecule has 0 atom stereocenters. The van der Waals surface area contributed by atoms with Gasteiger partial charge >= 0.3 is 0 Å². The van der Waals surface area contributed by atoms with Crippen molar-refractivity contribution in [3.8, 4) is 5.75 Å². The van der Waals surface area contributed by atoms with Gasteiger partial charge in [-0.1, -0.05) is 37.9 Å². The Bertz CT molecular complexity index is 430. The molecule has 0 heterocycles. The van der Waals surface area contributed by atoms with Gasteiger partial charge in [0.1, 0.15) is 4.99 Å². The molecule has 0 aliphatic heterocycles. The zero-order chi connectivity index (χ0) is 13.0. The molecule has 1 aromatic rings. The fourth-order valence-electron chi connectivity index (χ4n) is 2.41. The fraction of sp³-hybridized carbons (Fsp3) is 0.500. The summed E-state index contributed by atoms with van der Waals surface area (Å²) in [5.41, 5.74) is 5.97. The van der Waals surface area contributed by atoms with Crippen LogP contribution in [-0.4, -0.2) is 11.6 Å². The van der Waals surface area contributed by atoms with E-state index in [1.165, 1.54) is 31.7 Å². The smallest absolute Gasteiger partial charge is 0.165 e. The van der Waals surface area contributed by atoms with Gasteiger partial charge in [0.25, 0.3) is 0 Å². The summed E-state index contributed by atoms with van der Waals surface area (Å²) < 4.78 is 19.1. The molecule has 0 bridgehead atoms. The van der Waals surface area contributed by atoms with Gasteiger partial charge in [-0.15, -0.1) is 0 Å². The summed E-state index contributed by atoms with van der Waals surface area (Å²) in [5, 5.41) is 0. The Morgan fingerprint density at radius 3 is 2.72 bits per heavy atom. The van der Waals surface area contributed by atoms with Crippen LogP contribution < -0.4 is 10.5 Å². The molecule has 0 amide bonds. The van der Waals surface area contributed by atoms with Crippen molar-refractivity contribution in [3.63, 3.8) is 0 Å². The highest BCUT2D eigenvalue weighted by atomic mass is 32.1. The van der Waals surface area contributed by atoms with Gasteiger partial charge in [-0.3, -0.25) is 0 Å². The first-order chi connectivity index (χ1) is 8.66. The monoisotopic (exact) mass is 267 g/mol.